The molecule has 0 saturated heterocycles. The third-order valence-electron chi connectivity index (χ3n) is 5.17. The topological polar surface area (TPSA) is 88.3 Å². The van der Waals surface area contributed by atoms with Crippen molar-refractivity contribution in [3.63, 3.8) is 0 Å². The molecule has 18 heteroatoms. The number of nitrogens with zero attached hydrogens (tertiary/aromatic N) is 3. The zero-order valence-electron chi connectivity index (χ0n) is 18.2. The zero-order chi connectivity index (χ0) is 30.2. The van der Waals surface area contributed by atoms with Gasteiger partial charge >= 0.3 is 0 Å². The Balaban J connectivity index is 2.88. The van der Waals surface area contributed by atoms with Crippen molar-refractivity contribution in [3.05, 3.63) is 86.5 Å². The van der Waals surface area contributed by atoms with Gasteiger partial charge in [0.2, 0.25) is 18.2 Å². The summed E-state index contributed by atoms with van der Waals surface area (Å²) in [5.74, 6) is -37.3. The van der Waals surface area contributed by atoms with E-state index in [9.17, 15) is 53.9 Å². The third kappa shape index (κ3) is 4.35. The summed E-state index contributed by atoms with van der Waals surface area (Å²) in [5, 5.41) is 0. The Morgan fingerprint density at radius 2 is 0.550 bits per heavy atom. The van der Waals surface area contributed by atoms with E-state index in [0.717, 1.165) is 0 Å². The molecular weight excluding hydrogens is 582 g/mol. The number of aliphatic imine (C=N–C) groups is 3. The fraction of sp³-hybridized carbons (Fsp3) is 0.0455. The van der Waals surface area contributed by atoms with E-state index >= 15 is 13.2 Å². The number of benzene rings is 3. The Kier molecular flexibility index (Phi) is 8.10. The quantitative estimate of drug-likeness (QED) is 0.0836. The Labute approximate surface area is 210 Å². The summed E-state index contributed by atoms with van der Waals surface area (Å²) in [6.45, 7) is 0. The van der Waals surface area contributed by atoms with Gasteiger partial charge in [0, 0.05) is 22.6 Å². The normalized spacial score (nSPS) is 11.4. The summed E-state index contributed by atoms with van der Waals surface area (Å²) in [7, 11) is 0. The van der Waals surface area contributed by atoms with Crippen LogP contribution in [0, 0.1) is 69.8 Å². The maximum absolute atomic E-state index is 15.2. The molecule has 206 valence electrons. The second kappa shape index (κ2) is 11.0. The van der Waals surface area contributed by atoms with Gasteiger partial charge in [0.1, 0.15) is 17.1 Å². The van der Waals surface area contributed by atoms with E-state index in [-0.39, 0.29) is 0 Å². The summed E-state index contributed by atoms with van der Waals surface area (Å²) in [6, 6.07) is 0. The van der Waals surface area contributed by atoms with Crippen molar-refractivity contribution in [1.29, 1.82) is 0 Å². The first-order valence-corrected chi connectivity index (χ1v) is 9.59. The molecule has 0 N–H and O–H groups in total. The molecule has 0 fully saturated rings. The molecule has 3 aromatic rings. The predicted octanol–water partition coefficient (Wildman–Crippen LogP) is 6.44. The molecule has 0 aliphatic rings. The van der Waals surface area contributed by atoms with Crippen LogP contribution in [0.5, 0.6) is 0 Å². The van der Waals surface area contributed by atoms with Gasteiger partial charge in [-0.15, -0.1) is 0 Å². The molecule has 0 aliphatic heterocycles. The highest BCUT2D eigenvalue weighted by molar-refractivity contribution is 5.70. The van der Waals surface area contributed by atoms with Crippen LogP contribution in [0.15, 0.2) is 15.0 Å². The largest absolute Gasteiger partial charge is 0.240 e. The maximum atomic E-state index is 15.2. The fourth-order valence-electron chi connectivity index (χ4n) is 3.60. The second-order valence-electron chi connectivity index (χ2n) is 7.10. The number of carbonyl (C=O) groups excluding carboxylic acids is 3. The minimum Gasteiger partial charge on any atom is -0.211 e. The van der Waals surface area contributed by atoms with Crippen LogP contribution in [0.1, 0.15) is 22.6 Å². The molecule has 0 saturated carbocycles. The van der Waals surface area contributed by atoms with Crippen LogP contribution in [-0.2, 0) is 14.4 Å². The first-order chi connectivity index (χ1) is 18.8. The molecule has 0 bridgehead atoms. The van der Waals surface area contributed by atoms with Gasteiger partial charge in [-0.25, -0.2) is 67.1 Å². The average molecular weight is 583 g/mol. The molecule has 6 nitrogen and oxygen atoms in total. The number of halogens is 12. The summed E-state index contributed by atoms with van der Waals surface area (Å²) < 4.78 is 174. The minimum absolute atomic E-state index is 0.473. The number of rotatable bonds is 6. The molecule has 0 spiro atoms. The van der Waals surface area contributed by atoms with Crippen LogP contribution in [0.25, 0.3) is 0 Å². The van der Waals surface area contributed by atoms with E-state index in [1.807, 2.05) is 0 Å². The predicted molar refractivity (Wildman–Crippen MR) is 103 cm³/mol. The molecule has 0 aliphatic carbocycles. The van der Waals surface area contributed by atoms with Gasteiger partial charge in [-0.2, -0.15) is 15.0 Å². The first kappa shape index (κ1) is 29.5. The summed E-state index contributed by atoms with van der Waals surface area (Å²) in [4.78, 5) is 39.9. The van der Waals surface area contributed by atoms with Gasteiger partial charge in [0.25, 0.3) is 0 Å². The lowest BCUT2D eigenvalue weighted by Crippen LogP contribution is -2.18. The van der Waals surface area contributed by atoms with Crippen LogP contribution in [0.4, 0.5) is 69.7 Å². The fourth-order valence-corrected chi connectivity index (χ4v) is 3.60. The van der Waals surface area contributed by atoms with Gasteiger partial charge in [-0.1, -0.05) is 0 Å². The lowest BCUT2D eigenvalue weighted by Gasteiger charge is -2.25. The van der Waals surface area contributed by atoms with Crippen molar-refractivity contribution in [2.24, 2.45) is 15.0 Å². The van der Waals surface area contributed by atoms with Crippen molar-refractivity contribution in [3.8, 4) is 0 Å². The van der Waals surface area contributed by atoms with Gasteiger partial charge in [-0.05, 0) is 0 Å². The Hall–Kier alpha value is -5.04. The van der Waals surface area contributed by atoms with Crippen molar-refractivity contribution >= 4 is 35.3 Å². The summed E-state index contributed by atoms with van der Waals surface area (Å²) in [5.41, 5.74) is -13.2. The molecule has 0 heterocycles. The average Bonchev–Trinajstić information content (AvgIpc) is 2.93. The summed E-state index contributed by atoms with van der Waals surface area (Å²) in [6.07, 6.45) is 1.42. The zero-order valence-corrected chi connectivity index (χ0v) is 18.2. The van der Waals surface area contributed by atoms with E-state index < -0.39 is 109 Å². The molecule has 3 rings (SSSR count). The van der Waals surface area contributed by atoms with Crippen LogP contribution in [0.3, 0.4) is 0 Å². The highest BCUT2D eigenvalue weighted by atomic mass is 19.2. The molecule has 3 aromatic carbocycles. The Morgan fingerprint density at radius 1 is 0.350 bits per heavy atom. The van der Waals surface area contributed by atoms with E-state index in [4.69, 9.17) is 0 Å². The van der Waals surface area contributed by atoms with Crippen molar-refractivity contribution in [2.75, 3.05) is 0 Å². The van der Waals surface area contributed by atoms with Crippen molar-refractivity contribution < 1.29 is 67.1 Å². The standard InChI is InChI=1S/C22HF12N3O3/c23-8-5(20(35-1-38)17(32)14(29)11(8)26)4(6-9(24)12(27)15(30)18(33)21(6)36-2-39)7-10(25)13(28)16(31)19(34)22(7)37-3-40/h4H. The first-order valence-electron chi connectivity index (χ1n) is 9.59. The number of isocyanates is 3. The molecular formula is C22HF12N3O3. The second-order valence-corrected chi connectivity index (χ2v) is 7.10. The molecule has 0 unspecified atom stereocenters. The van der Waals surface area contributed by atoms with E-state index in [0.29, 0.717) is 18.2 Å². The smallest absolute Gasteiger partial charge is 0.211 e. The van der Waals surface area contributed by atoms with Crippen molar-refractivity contribution in [1.82, 2.24) is 0 Å². The van der Waals surface area contributed by atoms with Crippen LogP contribution in [-0.4, -0.2) is 18.2 Å². The highest BCUT2D eigenvalue weighted by Gasteiger charge is 2.42. The highest BCUT2D eigenvalue weighted by Crippen LogP contribution is 2.51. The minimum atomic E-state index is -3.63. The van der Waals surface area contributed by atoms with Crippen LogP contribution < -0.4 is 0 Å². The number of hydrogen-bond acceptors (Lipinski definition) is 6. The number of hydrogen-bond donors (Lipinski definition) is 0. The lowest BCUT2D eigenvalue weighted by molar-refractivity contribution is 0.391. The van der Waals surface area contributed by atoms with E-state index in [1.54, 1.807) is 0 Å². The lowest BCUT2D eigenvalue weighted by atomic mass is 9.80. The maximum Gasteiger partial charge on any atom is 0.240 e. The monoisotopic (exact) mass is 583 g/mol. The van der Waals surface area contributed by atoms with Crippen LogP contribution >= 0.6 is 0 Å². The molecule has 0 aromatic heterocycles. The third-order valence-corrected chi connectivity index (χ3v) is 5.17. The molecule has 0 amide bonds. The Bertz CT molecular complexity index is 1560. The van der Waals surface area contributed by atoms with Gasteiger partial charge in [-0.3, -0.25) is 0 Å². The Morgan fingerprint density at radius 3 is 0.750 bits per heavy atom. The molecule has 40 heavy (non-hydrogen) atoms. The van der Waals surface area contributed by atoms with Gasteiger partial charge < -0.3 is 0 Å². The SMILES string of the molecule is O=C=Nc1c(F)c(F)c(F)c(F)c1C(c1c(F)c(F)c(F)c(F)c1N=C=O)c1c(F)c(F)c(F)c(F)c1N=C=O. The van der Waals surface area contributed by atoms with Crippen LogP contribution in [0.2, 0.25) is 0 Å². The van der Waals surface area contributed by atoms with Gasteiger partial charge in [0.15, 0.2) is 69.8 Å². The van der Waals surface area contributed by atoms with Crippen molar-refractivity contribution in [2.45, 2.75) is 5.92 Å². The van der Waals surface area contributed by atoms with E-state index in [2.05, 4.69) is 15.0 Å². The molecule has 0 atom stereocenters. The van der Waals surface area contributed by atoms with E-state index in [1.165, 1.54) is 0 Å². The van der Waals surface area contributed by atoms with Gasteiger partial charge in [0.05, 0.1) is 0 Å². The molecule has 0 radical (unpaired) electrons. The summed E-state index contributed by atoms with van der Waals surface area (Å²) >= 11 is 0.